The van der Waals surface area contributed by atoms with E-state index in [1.807, 2.05) is 30.3 Å². The quantitative estimate of drug-likeness (QED) is 0.859. The van der Waals surface area contributed by atoms with Gasteiger partial charge in [0.15, 0.2) is 0 Å². The number of hydrogen-bond acceptors (Lipinski definition) is 2. The van der Waals surface area contributed by atoms with Gasteiger partial charge in [0.1, 0.15) is 5.75 Å². The minimum atomic E-state index is 0.0833. The van der Waals surface area contributed by atoms with E-state index in [-0.39, 0.29) is 6.61 Å². The van der Waals surface area contributed by atoms with Gasteiger partial charge in [-0.25, -0.2) is 0 Å². The summed E-state index contributed by atoms with van der Waals surface area (Å²) in [7, 11) is 0. The number of rotatable bonds is 5. The summed E-state index contributed by atoms with van der Waals surface area (Å²) in [5, 5.41) is 8.70. The van der Waals surface area contributed by atoms with E-state index in [4.69, 9.17) is 9.84 Å². The molecular weight excluding hydrogens is 224 g/mol. The Bertz CT molecular complexity index is 361. The van der Waals surface area contributed by atoms with Crippen molar-refractivity contribution in [3.63, 3.8) is 0 Å². The third-order valence-corrected chi connectivity index (χ3v) is 3.51. The molecule has 0 aliphatic heterocycles. The highest BCUT2D eigenvalue weighted by Gasteiger charge is 2.13. The first-order valence-corrected chi connectivity index (χ1v) is 6.89. The molecule has 0 unspecified atom stereocenters. The first-order chi connectivity index (χ1) is 8.88. The van der Waals surface area contributed by atoms with E-state index in [9.17, 15) is 0 Å². The monoisotopic (exact) mass is 246 g/mol. The van der Waals surface area contributed by atoms with Gasteiger partial charge in [-0.3, -0.25) is 0 Å². The summed E-state index contributed by atoms with van der Waals surface area (Å²) in [6, 6.07) is 8.03. The molecule has 2 rings (SSSR count). The van der Waals surface area contributed by atoms with Gasteiger partial charge in [0.2, 0.25) is 0 Å². The van der Waals surface area contributed by atoms with Gasteiger partial charge in [-0.2, -0.15) is 0 Å². The van der Waals surface area contributed by atoms with Crippen molar-refractivity contribution >= 4 is 6.08 Å². The average molecular weight is 246 g/mol. The fraction of sp³-hybridized carbons (Fsp3) is 0.500. The minimum Gasteiger partial charge on any atom is -0.493 e. The summed E-state index contributed by atoms with van der Waals surface area (Å²) in [5.41, 5.74) is 1.09. The van der Waals surface area contributed by atoms with Crippen LogP contribution in [0.3, 0.4) is 0 Å². The van der Waals surface area contributed by atoms with Crippen LogP contribution in [0.5, 0.6) is 5.75 Å². The predicted octanol–water partition coefficient (Wildman–Crippen LogP) is 3.65. The van der Waals surface area contributed by atoms with Gasteiger partial charge < -0.3 is 9.84 Å². The van der Waals surface area contributed by atoms with Crippen molar-refractivity contribution in [1.29, 1.82) is 0 Å². The van der Waals surface area contributed by atoms with Crippen molar-refractivity contribution in [3.05, 3.63) is 35.9 Å². The third-order valence-electron chi connectivity index (χ3n) is 3.51. The molecule has 1 aromatic carbocycles. The summed E-state index contributed by atoms with van der Waals surface area (Å²) in [5.74, 6) is 1.69. The van der Waals surface area contributed by atoms with Gasteiger partial charge in [-0.05, 0) is 36.5 Å². The van der Waals surface area contributed by atoms with E-state index in [0.29, 0.717) is 0 Å². The maximum absolute atomic E-state index is 8.70. The molecule has 98 valence electrons. The van der Waals surface area contributed by atoms with Crippen LogP contribution < -0.4 is 4.74 Å². The lowest BCUT2D eigenvalue weighted by atomic mass is 9.90. The Labute approximate surface area is 109 Å². The molecule has 0 amide bonds. The summed E-state index contributed by atoms with van der Waals surface area (Å²) >= 11 is 0. The highest BCUT2D eigenvalue weighted by atomic mass is 16.5. The maximum atomic E-state index is 8.70. The SMILES string of the molecule is OCC=Cc1ccc(OCC2CCCCC2)cc1. The number of aliphatic hydroxyl groups excluding tert-OH is 1. The molecule has 0 bridgehead atoms. The Morgan fingerprint density at radius 3 is 2.50 bits per heavy atom. The zero-order valence-electron chi connectivity index (χ0n) is 10.8. The largest absolute Gasteiger partial charge is 0.493 e. The molecule has 0 radical (unpaired) electrons. The van der Waals surface area contributed by atoms with E-state index < -0.39 is 0 Å². The lowest BCUT2D eigenvalue weighted by Gasteiger charge is -2.21. The number of hydrogen-bond donors (Lipinski definition) is 1. The Morgan fingerprint density at radius 2 is 1.83 bits per heavy atom. The first-order valence-electron chi connectivity index (χ1n) is 6.89. The van der Waals surface area contributed by atoms with E-state index in [0.717, 1.165) is 23.8 Å². The van der Waals surface area contributed by atoms with Crippen molar-refractivity contribution in [2.75, 3.05) is 13.2 Å². The highest BCUT2D eigenvalue weighted by Crippen LogP contribution is 2.24. The second-order valence-corrected chi connectivity index (χ2v) is 4.97. The van der Waals surface area contributed by atoms with Crippen LogP contribution in [0.15, 0.2) is 30.3 Å². The van der Waals surface area contributed by atoms with Crippen molar-refractivity contribution in [3.8, 4) is 5.75 Å². The number of ether oxygens (including phenoxy) is 1. The summed E-state index contributed by atoms with van der Waals surface area (Å²) in [6.45, 7) is 0.936. The van der Waals surface area contributed by atoms with Crippen molar-refractivity contribution in [1.82, 2.24) is 0 Å². The Morgan fingerprint density at radius 1 is 1.11 bits per heavy atom. The molecule has 0 saturated heterocycles. The van der Waals surface area contributed by atoms with Gasteiger partial charge in [0, 0.05) is 0 Å². The molecule has 1 saturated carbocycles. The van der Waals surface area contributed by atoms with Crippen LogP contribution in [-0.4, -0.2) is 18.3 Å². The van der Waals surface area contributed by atoms with Crippen LogP contribution in [0.4, 0.5) is 0 Å². The Balaban J connectivity index is 1.80. The van der Waals surface area contributed by atoms with E-state index in [1.54, 1.807) is 6.08 Å². The van der Waals surface area contributed by atoms with E-state index in [2.05, 4.69) is 0 Å². The first kappa shape index (κ1) is 13.2. The molecule has 0 atom stereocenters. The van der Waals surface area contributed by atoms with E-state index in [1.165, 1.54) is 32.1 Å². The molecule has 0 spiro atoms. The molecule has 2 heteroatoms. The molecule has 1 aliphatic rings. The molecule has 1 fully saturated rings. The fourth-order valence-electron chi connectivity index (χ4n) is 2.43. The second kappa shape index (κ2) is 7.22. The molecule has 0 heterocycles. The van der Waals surface area contributed by atoms with Crippen molar-refractivity contribution < 1.29 is 9.84 Å². The smallest absolute Gasteiger partial charge is 0.119 e. The van der Waals surface area contributed by atoms with Crippen molar-refractivity contribution in [2.45, 2.75) is 32.1 Å². The van der Waals surface area contributed by atoms with Crippen LogP contribution in [0.1, 0.15) is 37.7 Å². The highest BCUT2D eigenvalue weighted by molar-refractivity contribution is 5.50. The maximum Gasteiger partial charge on any atom is 0.119 e. The summed E-state index contributed by atoms with van der Waals surface area (Å²) in [4.78, 5) is 0. The summed E-state index contributed by atoms with van der Waals surface area (Å²) in [6.07, 6.45) is 10.4. The lowest BCUT2D eigenvalue weighted by Crippen LogP contribution is -2.15. The van der Waals surface area contributed by atoms with Gasteiger partial charge in [-0.1, -0.05) is 43.5 Å². The zero-order valence-corrected chi connectivity index (χ0v) is 10.8. The Kier molecular flexibility index (Phi) is 5.28. The minimum absolute atomic E-state index is 0.0833. The van der Waals surface area contributed by atoms with Crippen LogP contribution in [-0.2, 0) is 0 Å². The topological polar surface area (TPSA) is 29.5 Å². The summed E-state index contributed by atoms with van der Waals surface area (Å²) < 4.78 is 5.83. The van der Waals surface area contributed by atoms with Gasteiger partial charge in [0.05, 0.1) is 13.2 Å². The molecule has 1 N–H and O–H groups in total. The molecule has 2 nitrogen and oxygen atoms in total. The van der Waals surface area contributed by atoms with Crippen LogP contribution in [0.2, 0.25) is 0 Å². The average Bonchev–Trinajstić information content (AvgIpc) is 2.45. The third kappa shape index (κ3) is 4.19. The van der Waals surface area contributed by atoms with Crippen LogP contribution in [0, 0.1) is 5.92 Å². The van der Waals surface area contributed by atoms with Gasteiger partial charge in [-0.15, -0.1) is 0 Å². The standard InChI is InChI=1S/C16H22O2/c17-12-4-7-14-8-10-16(11-9-14)18-13-15-5-2-1-3-6-15/h4,7-11,15,17H,1-3,5-6,12-13H2. The second-order valence-electron chi connectivity index (χ2n) is 4.97. The molecule has 0 aromatic heterocycles. The normalized spacial score (nSPS) is 17.2. The van der Waals surface area contributed by atoms with Crippen LogP contribution >= 0.6 is 0 Å². The number of aliphatic hydroxyl groups is 1. The lowest BCUT2D eigenvalue weighted by molar-refractivity contribution is 0.209. The fourth-order valence-corrected chi connectivity index (χ4v) is 2.43. The van der Waals surface area contributed by atoms with Crippen molar-refractivity contribution in [2.24, 2.45) is 5.92 Å². The molecule has 1 aromatic rings. The molecule has 18 heavy (non-hydrogen) atoms. The Hall–Kier alpha value is -1.28. The molecule has 1 aliphatic carbocycles. The zero-order chi connectivity index (χ0) is 12.6. The van der Waals surface area contributed by atoms with Gasteiger partial charge >= 0.3 is 0 Å². The van der Waals surface area contributed by atoms with Crippen LogP contribution in [0.25, 0.3) is 6.08 Å². The van der Waals surface area contributed by atoms with E-state index >= 15 is 0 Å². The predicted molar refractivity (Wildman–Crippen MR) is 74.6 cm³/mol. The molecular formula is C16H22O2. The van der Waals surface area contributed by atoms with Gasteiger partial charge in [0.25, 0.3) is 0 Å². The number of benzene rings is 1.